The number of fused-ring (bicyclic) bond motifs is 1. The van der Waals surface area contributed by atoms with Crippen LogP contribution in [0.5, 0.6) is 0 Å². The van der Waals surface area contributed by atoms with Gasteiger partial charge in [0.1, 0.15) is 5.60 Å². The van der Waals surface area contributed by atoms with Gasteiger partial charge in [-0.15, -0.1) is 0 Å². The Morgan fingerprint density at radius 2 is 1.52 bits per heavy atom. The number of amides is 2. The van der Waals surface area contributed by atoms with Crippen LogP contribution in [0.3, 0.4) is 0 Å². The average molecular weight is 346 g/mol. The van der Waals surface area contributed by atoms with Gasteiger partial charge in [-0.2, -0.15) is 0 Å². The first kappa shape index (κ1) is 18.0. The summed E-state index contributed by atoms with van der Waals surface area (Å²) in [4.78, 5) is 27.8. The van der Waals surface area contributed by atoms with Crippen molar-refractivity contribution in [2.45, 2.75) is 52.3 Å². The highest BCUT2D eigenvalue weighted by molar-refractivity contribution is 7.91. The van der Waals surface area contributed by atoms with Crippen molar-refractivity contribution in [3.05, 3.63) is 0 Å². The normalized spacial score (nSPS) is 27.0. The van der Waals surface area contributed by atoms with Crippen LogP contribution in [-0.4, -0.2) is 72.5 Å². The van der Waals surface area contributed by atoms with Gasteiger partial charge in [-0.25, -0.2) is 13.2 Å². The van der Waals surface area contributed by atoms with E-state index < -0.39 is 33.6 Å². The molecule has 2 fully saturated rings. The molecule has 0 saturated carbocycles. The molecule has 8 heteroatoms. The van der Waals surface area contributed by atoms with E-state index in [1.54, 1.807) is 39.5 Å². The van der Waals surface area contributed by atoms with E-state index in [-0.39, 0.29) is 23.3 Å². The van der Waals surface area contributed by atoms with Crippen LogP contribution >= 0.6 is 0 Å². The van der Waals surface area contributed by atoms with E-state index in [1.807, 2.05) is 0 Å². The van der Waals surface area contributed by atoms with Crippen LogP contribution in [0, 0.1) is 5.92 Å². The van der Waals surface area contributed by atoms with E-state index in [9.17, 15) is 18.0 Å². The Morgan fingerprint density at radius 3 is 2.00 bits per heavy atom. The Bertz CT molecular complexity index is 593. The van der Waals surface area contributed by atoms with Gasteiger partial charge in [-0.1, -0.05) is 13.8 Å². The molecule has 0 aromatic rings. The quantitative estimate of drug-likeness (QED) is 0.704. The monoisotopic (exact) mass is 346 g/mol. The third-order valence-electron chi connectivity index (χ3n) is 4.08. The van der Waals surface area contributed by atoms with Crippen LogP contribution in [0.4, 0.5) is 4.79 Å². The molecule has 0 unspecified atom stereocenters. The SMILES string of the molecule is CC(C)C(=O)N1CCN(C(=O)OC(C)(C)C)[C@H]2CS(=O)(=O)C[C@H]21. The number of carbonyl (C=O) groups is 2. The maximum Gasteiger partial charge on any atom is 0.410 e. The zero-order valence-electron chi connectivity index (χ0n) is 14.4. The number of hydrogen-bond acceptors (Lipinski definition) is 5. The molecular weight excluding hydrogens is 320 g/mol. The number of nitrogens with zero attached hydrogens (tertiary/aromatic N) is 2. The third-order valence-corrected chi connectivity index (χ3v) is 5.78. The summed E-state index contributed by atoms with van der Waals surface area (Å²) in [7, 11) is -3.27. The minimum Gasteiger partial charge on any atom is -0.444 e. The number of ether oxygens (including phenoxy) is 1. The van der Waals surface area contributed by atoms with E-state index >= 15 is 0 Å². The topological polar surface area (TPSA) is 84.0 Å². The summed E-state index contributed by atoms with van der Waals surface area (Å²) in [5, 5.41) is 0. The molecule has 2 heterocycles. The van der Waals surface area contributed by atoms with Crippen molar-refractivity contribution in [1.82, 2.24) is 9.80 Å². The summed E-state index contributed by atoms with van der Waals surface area (Å²) in [6.07, 6.45) is -0.513. The summed E-state index contributed by atoms with van der Waals surface area (Å²) in [6, 6.07) is -0.998. The van der Waals surface area contributed by atoms with Crippen LogP contribution in [0.15, 0.2) is 0 Å². The number of piperazine rings is 1. The Labute approximate surface area is 137 Å². The number of hydrogen-bond donors (Lipinski definition) is 0. The lowest BCUT2D eigenvalue weighted by atomic mass is 10.0. The molecule has 132 valence electrons. The summed E-state index contributed by atoms with van der Waals surface area (Å²) < 4.78 is 29.5. The Morgan fingerprint density at radius 1 is 1.04 bits per heavy atom. The second-order valence-electron chi connectivity index (χ2n) is 7.57. The van der Waals surface area contributed by atoms with Crippen molar-refractivity contribution < 1.29 is 22.7 Å². The van der Waals surface area contributed by atoms with Crippen LogP contribution in [0.25, 0.3) is 0 Å². The van der Waals surface area contributed by atoms with Crippen LogP contribution in [0.2, 0.25) is 0 Å². The first-order valence-corrected chi connectivity index (χ1v) is 9.74. The second kappa shape index (κ2) is 5.96. The molecule has 2 saturated heterocycles. The molecule has 0 aliphatic carbocycles. The lowest BCUT2D eigenvalue weighted by molar-refractivity contribution is -0.140. The van der Waals surface area contributed by atoms with Crippen LogP contribution in [0.1, 0.15) is 34.6 Å². The predicted octanol–water partition coefficient (Wildman–Crippen LogP) is 0.887. The second-order valence-corrected chi connectivity index (χ2v) is 9.73. The van der Waals surface area contributed by atoms with Crippen LogP contribution < -0.4 is 0 Å². The fourth-order valence-electron chi connectivity index (χ4n) is 3.11. The van der Waals surface area contributed by atoms with Crippen molar-refractivity contribution >= 4 is 21.8 Å². The van der Waals surface area contributed by atoms with E-state index in [2.05, 4.69) is 0 Å². The van der Waals surface area contributed by atoms with Gasteiger partial charge < -0.3 is 14.5 Å². The van der Waals surface area contributed by atoms with Crippen molar-refractivity contribution in [2.75, 3.05) is 24.6 Å². The summed E-state index contributed by atoms with van der Waals surface area (Å²) in [5.74, 6) is -0.471. The van der Waals surface area contributed by atoms with Gasteiger partial charge in [0.25, 0.3) is 0 Å². The Balaban J connectivity index is 2.25. The van der Waals surface area contributed by atoms with Crippen LogP contribution in [-0.2, 0) is 19.4 Å². The zero-order chi connectivity index (χ0) is 17.6. The van der Waals surface area contributed by atoms with Crippen molar-refractivity contribution in [3.8, 4) is 0 Å². The number of rotatable bonds is 1. The predicted molar refractivity (Wildman–Crippen MR) is 85.7 cm³/mol. The zero-order valence-corrected chi connectivity index (χ0v) is 15.2. The van der Waals surface area contributed by atoms with Gasteiger partial charge in [0.15, 0.2) is 9.84 Å². The highest BCUT2D eigenvalue weighted by Crippen LogP contribution is 2.29. The summed E-state index contributed by atoms with van der Waals surface area (Å²) in [5.41, 5.74) is -0.644. The van der Waals surface area contributed by atoms with E-state index in [1.165, 1.54) is 4.90 Å². The minimum atomic E-state index is -3.27. The highest BCUT2D eigenvalue weighted by atomic mass is 32.2. The molecule has 0 radical (unpaired) electrons. The van der Waals surface area contributed by atoms with Crippen molar-refractivity contribution in [1.29, 1.82) is 0 Å². The van der Waals surface area contributed by atoms with Crippen molar-refractivity contribution in [3.63, 3.8) is 0 Å². The minimum absolute atomic E-state index is 0.0686. The number of sulfone groups is 1. The molecule has 0 bridgehead atoms. The average Bonchev–Trinajstić information content (AvgIpc) is 2.68. The smallest absolute Gasteiger partial charge is 0.410 e. The molecule has 0 spiro atoms. The van der Waals surface area contributed by atoms with Gasteiger partial charge in [0.2, 0.25) is 5.91 Å². The van der Waals surface area contributed by atoms with E-state index in [0.29, 0.717) is 13.1 Å². The molecule has 2 aliphatic heterocycles. The van der Waals surface area contributed by atoms with Gasteiger partial charge >= 0.3 is 6.09 Å². The van der Waals surface area contributed by atoms with E-state index in [0.717, 1.165) is 0 Å². The largest absolute Gasteiger partial charge is 0.444 e. The maximum atomic E-state index is 12.4. The molecule has 2 atom stereocenters. The third kappa shape index (κ3) is 3.97. The van der Waals surface area contributed by atoms with Gasteiger partial charge in [-0.05, 0) is 20.8 Å². The summed E-state index contributed by atoms with van der Waals surface area (Å²) in [6.45, 7) is 9.53. The Hall–Kier alpha value is -1.31. The molecule has 0 aromatic carbocycles. The molecule has 2 aliphatic rings. The number of carbonyl (C=O) groups excluding carboxylic acids is 2. The van der Waals surface area contributed by atoms with Gasteiger partial charge in [-0.3, -0.25) is 4.79 Å². The standard InChI is InChI=1S/C15H26N2O5S/c1-10(2)13(18)16-6-7-17(14(19)22-15(3,4)5)12-9-23(20,21)8-11(12)16/h10-12H,6-9H2,1-5H3/t11-,12+/m1/s1. The van der Waals surface area contributed by atoms with Gasteiger partial charge in [0.05, 0.1) is 23.6 Å². The highest BCUT2D eigenvalue weighted by Gasteiger charge is 2.50. The lowest BCUT2D eigenvalue weighted by Crippen LogP contribution is -2.63. The first-order chi connectivity index (χ1) is 10.4. The molecule has 7 nitrogen and oxygen atoms in total. The molecule has 0 N–H and O–H groups in total. The maximum absolute atomic E-state index is 12.4. The fourth-order valence-corrected chi connectivity index (χ4v) is 5.09. The molecular formula is C15H26N2O5S. The van der Waals surface area contributed by atoms with Crippen molar-refractivity contribution in [2.24, 2.45) is 5.92 Å². The van der Waals surface area contributed by atoms with Gasteiger partial charge in [0, 0.05) is 19.0 Å². The molecule has 0 aromatic heterocycles. The van der Waals surface area contributed by atoms with E-state index in [4.69, 9.17) is 4.74 Å². The molecule has 2 amide bonds. The lowest BCUT2D eigenvalue weighted by Gasteiger charge is -2.44. The summed E-state index contributed by atoms with van der Waals surface area (Å²) >= 11 is 0. The first-order valence-electron chi connectivity index (χ1n) is 7.92. The molecule has 23 heavy (non-hydrogen) atoms. The molecule has 2 rings (SSSR count). The Kier molecular flexibility index (Phi) is 4.67. The fraction of sp³-hybridized carbons (Fsp3) is 0.867.